The van der Waals surface area contributed by atoms with E-state index in [-0.39, 0.29) is 29.1 Å². The summed E-state index contributed by atoms with van der Waals surface area (Å²) in [7, 11) is 0. The van der Waals surface area contributed by atoms with E-state index in [0.717, 1.165) is 24.8 Å². The minimum atomic E-state index is -4.59. The first-order valence-electron chi connectivity index (χ1n) is 16.4. The van der Waals surface area contributed by atoms with E-state index in [4.69, 9.17) is 16.3 Å². The van der Waals surface area contributed by atoms with Gasteiger partial charge in [0.25, 0.3) is 5.91 Å². The molecule has 50 heavy (non-hydrogen) atoms. The van der Waals surface area contributed by atoms with Crippen molar-refractivity contribution in [3.63, 3.8) is 0 Å². The van der Waals surface area contributed by atoms with Gasteiger partial charge in [-0.2, -0.15) is 28.1 Å². The highest BCUT2D eigenvalue weighted by Gasteiger charge is 2.47. The molecule has 266 valence electrons. The number of carbonyl (C=O) groups is 3. The van der Waals surface area contributed by atoms with Gasteiger partial charge in [-0.05, 0) is 73.6 Å². The highest BCUT2D eigenvalue weighted by molar-refractivity contribution is 6.35. The maximum Gasteiger partial charge on any atom is 0.422 e. The van der Waals surface area contributed by atoms with Crippen LogP contribution in [0.3, 0.4) is 0 Å². The summed E-state index contributed by atoms with van der Waals surface area (Å²) in [5.74, 6) is -1.09. The topological polar surface area (TPSA) is 142 Å². The largest absolute Gasteiger partial charge is 0.454 e. The van der Waals surface area contributed by atoms with Gasteiger partial charge in [-0.3, -0.25) is 14.4 Å². The van der Waals surface area contributed by atoms with Crippen molar-refractivity contribution in [3.8, 4) is 6.01 Å². The van der Waals surface area contributed by atoms with Crippen molar-refractivity contribution in [2.75, 3.05) is 50.0 Å². The number of nitrogens with zero attached hydrogens (tertiary/aromatic N) is 5. The SMILES string of the molecule is CC(C)CNC(=O)C(=O)N1CCC2(CCN(C(=O)c3ccc(Nc4nc(NC5(c6ccc(Cl)cc6)CC5)nc(OCC(F)(F)F)n4)cc3)C2)C1. The number of rotatable bonds is 10. The lowest BCUT2D eigenvalue weighted by molar-refractivity contribution is -0.154. The third-order valence-corrected chi connectivity index (χ3v) is 9.43. The molecule has 2 aromatic carbocycles. The fourth-order valence-corrected chi connectivity index (χ4v) is 6.47. The number of benzene rings is 2. The van der Waals surface area contributed by atoms with Gasteiger partial charge in [0.15, 0.2) is 6.61 Å². The molecule has 1 saturated carbocycles. The van der Waals surface area contributed by atoms with Gasteiger partial charge in [-0.25, -0.2) is 0 Å². The molecule has 3 aromatic rings. The second-order valence-electron chi connectivity index (χ2n) is 13.6. The van der Waals surface area contributed by atoms with Crippen molar-refractivity contribution < 1.29 is 32.3 Å². The highest BCUT2D eigenvalue weighted by Crippen LogP contribution is 2.48. The molecule has 2 saturated heterocycles. The van der Waals surface area contributed by atoms with Crippen LogP contribution >= 0.6 is 11.6 Å². The predicted octanol–water partition coefficient (Wildman–Crippen LogP) is 5.15. The van der Waals surface area contributed by atoms with Gasteiger partial charge in [0.05, 0.1) is 5.54 Å². The van der Waals surface area contributed by atoms with Crippen LogP contribution in [-0.4, -0.2) is 88.0 Å². The second kappa shape index (κ2) is 13.9. The molecule has 3 aliphatic rings. The van der Waals surface area contributed by atoms with E-state index in [9.17, 15) is 27.6 Å². The Hall–Kier alpha value is -4.66. The quantitative estimate of drug-likeness (QED) is 0.243. The lowest BCUT2D eigenvalue weighted by Crippen LogP contribution is -2.44. The minimum Gasteiger partial charge on any atom is -0.454 e. The fourth-order valence-electron chi connectivity index (χ4n) is 6.35. The molecular weight excluding hydrogens is 677 g/mol. The van der Waals surface area contributed by atoms with Crippen LogP contribution in [-0.2, 0) is 15.1 Å². The van der Waals surface area contributed by atoms with Gasteiger partial charge in [0.1, 0.15) is 0 Å². The van der Waals surface area contributed by atoms with E-state index in [0.29, 0.717) is 55.4 Å². The summed E-state index contributed by atoms with van der Waals surface area (Å²) < 4.78 is 43.7. The molecule has 3 N–H and O–H groups in total. The first-order chi connectivity index (χ1) is 23.7. The number of ether oxygens (including phenoxy) is 1. The van der Waals surface area contributed by atoms with E-state index >= 15 is 0 Å². The van der Waals surface area contributed by atoms with Crippen molar-refractivity contribution in [1.29, 1.82) is 0 Å². The summed E-state index contributed by atoms with van der Waals surface area (Å²) in [5, 5.41) is 9.46. The zero-order valence-corrected chi connectivity index (χ0v) is 28.4. The predicted molar refractivity (Wildman–Crippen MR) is 179 cm³/mol. The molecule has 6 rings (SSSR count). The fraction of sp³-hybridized carbons (Fsp3) is 0.471. The standard InChI is InChI=1S/C34H38ClF3N8O4/c1-21(2)17-39-26(47)28(49)46-16-14-32(19-46)13-15-45(18-32)27(48)22-3-9-25(10-4-22)40-29-41-30(43-31(42-29)50-20-34(36,37)38)44-33(11-12-33)23-5-7-24(35)8-6-23/h3-10,21H,11-20H2,1-2H3,(H,39,47)(H2,40,41,42,43,44). The van der Waals surface area contributed by atoms with E-state index < -0.39 is 36.1 Å². The number of nitrogens with one attached hydrogen (secondary N) is 3. The Labute approximate surface area is 292 Å². The Bertz CT molecular complexity index is 1740. The van der Waals surface area contributed by atoms with Crippen LogP contribution in [0.15, 0.2) is 48.5 Å². The summed E-state index contributed by atoms with van der Waals surface area (Å²) in [6, 6.07) is 13.3. The van der Waals surface area contributed by atoms with E-state index in [2.05, 4.69) is 30.9 Å². The number of aromatic nitrogens is 3. The van der Waals surface area contributed by atoms with Crippen LogP contribution in [0.2, 0.25) is 5.02 Å². The summed E-state index contributed by atoms with van der Waals surface area (Å²) in [6.45, 7) is 4.66. The van der Waals surface area contributed by atoms with Gasteiger partial charge >= 0.3 is 24.0 Å². The zero-order valence-electron chi connectivity index (χ0n) is 27.6. The van der Waals surface area contributed by atoms with Crippen molar-refractivity contribution in [2.45, 2.75) is 51.2 Å². The lowest BCUT2D eigenvalue weighted by Gasteiger charge is -2.24. The molecule has 16 heteroatoms. The molecule has 1 aliphatic carbocycles. The third kappa shape index (κ3) is 8.37. The molecule has 3 amide bonds. The Kier molecular flexibility index (Phi) is 9.80. The van der Waals surface area contributed by atoms with Crippen molar-refractivity contribution in [2.24, 2.45) is 11.3 Å². The van der Waals surface area contributed by atoms with Gasteiger partial charge in [-0.15, -0.1) is 0 Å². The number of likely N-dealkylation sites (tertiary alicyclic amines) is 2. The summed E-state index contributed by atoms with van der Waals surface area (Å²) in [4.78, 5) is 54.3. The number of halogens is 4. The molecule has 3 heterocycles. The highest BCUT2D eigenvalue weighted by atomic mass is 35.5. The van der Waals surface area contributed by atoms with Crippen LogP contribution in [0.25, 0.3) is 0 Å². The molecule has 1 atom stereocenters. The van der Waals surface area contributed by atoms with Crippen LogP contribution in [0.5, 0.6) is 6.01 Å². The monoisotopic (exact) mass is 714 g/mol. The first-order valence-corrected chi connectivity index (χ1v) is 16.8. The minimum absolute atomic E-state index is 0.0326. The molecule has 1 unspecified atom stereocenters. The third-order valence-electron chi connectivity index (χ3n) is 9.18. The second-order valence-corrected chi connectivity index (χ2v) is 14.1. The summed E-state index contributed by atoms with van der Waals surface area (Å²) >= 11 is 6.04. The Morgan fingerprint density at radius 2 is 1.54 bits per heavy atom. The smallest absolute Gasteiger partial charge is 0.422 e. The molecule has 2 aliphatic heterocycles. The molecule has 0 bridgehead atoms. The van der Waals surface area contributed by atoms with E-state index in [1.54, 1.807) is 46.2 Å². The van der Waals surface area contributed by atoms with Gasteiger partial charge in [-0.1, -0.05) is 37.6 Å². The summed E-state index contributed by atoms with van der Waals surface area (Å²) in [6.07, 6.45) is -1.65. The first kappa shape index (κ1) is 35.2. The molecule has 0 radical (unpaired) electrons. The van der Waals surface area contributed by atoms with Crippen molar-refractivity contribution >= 4 is 46.9 Å². The van der Waals surface area contributed by atoms with Gasteiger partial charge < -0.3 is 30.5 Å². The van der Waals surface area contributed by atoms with E-state index in [1.165, 1.54) is 0 Å². The van der Waals surface area contributed by atoms with Crippen molar-refractivity contribution in [1.82, 2.24) is 30.1 Å². The van der Waals surface area contributed by atoms with Gasteiger partial charge in [0.2, 0.25) is 11.9 Å². The van der Waals surface area contributed by atoms with Crippen LogP contribution in [0, 0.1) is 11.3 Å². The number of carbonyl (C=O) groups excluding carboxylic acids is 3. The normalized spacial score (nSPS) is 19.5. The molecule has 12 nitrogen and oxygen atoms in total. The zero-order chi connectivity index (χ0) is 35.7. The summed E-state index contributed by atoms with van der Waals surface area (Å²) in [5.41, 5.74) is 1.10. The number of anilines is 3. The lowest BCUT2D eigenvalue weighted by atomic mass is 9.86. The number of amides is 3. The molecule has 1 spiro atoms. The maximum absolute atomic E-state index is 13.4. The Morgan fingerprint density at radius 3 is 2.18 bits per heavy atom. The molecular formula is C34H38ClF3N8O4. The molecule has 1 aromatic heterocycles. The van der Waals surface area contributed by atoms with Crippen LogP contribution < -0.4 is 20.7 Å². The Morgan fingerprint density at radius 1 is 0.900 bits per heavy atom. The number of hydrogen-bond acceptors (Lipinski definition) is 9. The number of alkyl halides is 3. The van der Waals surface area contributed by atoms with Crippen molar-refractivity contribution in [3.05, 3.63) is 64.7 Å². The molecule has 3 fully saturated rings. The maximum atomic E-state index is 13.4. The Balaban J connectivity index is 1.10. The number of hydrogen-bond donors (Lipinski definition) is 3. The average Bonchev–Trinajstić information content (AvgIpc) is 3.54. The van der Waals surface area contributed by atoms with E-state index in [1.807, 2.05) is 26.0 Å². The van der Waals surface area contributed by atoms with Crippen LogP contribution in [0.4, 0.5) is 30.8 Å². The van der Waals surface area contributed by atoms with Gasteiger partial charge in [0, 0.05) is 54.4 Å². The van der Waals surface area contributed by atoms with Crippen LogP contribution in [0.1, 0.15) is 55.5 Å². The average molecular weight is 715 g/mol.